The largest absolute Gasteiger partial charge is 0.120 e. The summed E-state index contributed by atoms with van der Waals surface area (Å²) in [4.78, 5) is 0.0729. The predicted octanol–water partition coefficient (Wildman–Crippen LogP) is 3.58. The summed E-state index contributed by atoms with van der Waals surface area (Å²) in [5, 5.41) is 0. The topological polar surface area (TPSA) is 0 Å². The van der Waals surface area contributed by atoms with Crippen molar-refractivity contribution in [3.05, 3.63) is 0 Å². The van der Waals surface area contributed by atoms with Gasteiger partial charge in [-0.15, -0.1) is 11.6 Å². The number of halogens is 1. The summed E-state index contributed by atoms with van der Waals surface area (Å²) in [6.45, 7) is 6.48. The average Bonchev–Trinajstić information content (AvgIpc) is 1.64. The van der Waals surface area contributed by atoms with E-state index in [1.165, 1.54) is 12.8 Å². The van der Waals surface area contributed by atoms with E-state index in [4.69, 9.17) is 11.6 Å². The van der Waals surface area contributed by atoms with Gasteiger partial charge in [0.2, 0.25) is 0 Å². The molecule has 0 heterocycles. The Labute approximate surface area is 63.6 Å². The normalized spacial score (nSPS) is 12.0. The Kier molecular flexibility index (Phi) is 4.29. The molecule has 0 nitrogen and oxygen atoms in total. The van der Waals surface area contributed by atoms with Crippen molar-refractivity contribution in [2.45, 2.75) is 51.3 Å². The highest BCUT2D eigenvalue weighted by atomic mass is 35.5. The maximum atomic E-state index is 6.14. The molecule has 0 atom stereocenters. The molecule has 0 aromatic heterocycles. The molecule has 0 aliphatic carbocycles. The Bertz CT molecular complexity index is 59.0. The number of rotatable bonds is 4. The molecule has 0 radical (unpaired) electrons. The molecule has 0 aromatic carbocycles. The number of hydrogen-bond donors (Lipinski definition) is 0. The van der Waals surface area contributed by atoms with Gasteiger partial charge in [-0.2, -0.15) is 0 Å². The molecule has 0 aliphatic rings. The van der Waals surface area contributed by atoms with Crippen molar-refractivity contribution >= 4 is 11.6 Å². The van der Waals surface area contributed by atoms with Gasteiger partial charge < -0.3 is 0 Å². The lowest BCUT2D eigenvalue weighted by Crippen LogP contribution is -2.14. The zero-order valence-electron chi connectivity index (χ0n) is 6.71. The van der Waals surface area contributed by atoms with Gasteiger partial charge in [0.05, 0.1) is 0 Å². The first kappa shape index (κ1) is 9.29. The van der Waals surface area contributed by atoms with Crippen molar-refractivity contribution in [3.63, 3.8) is 0 Å². The van der Waals surface area contributed by atoms with E-state index >= 15 is 0 Å². The zero-order chi connectivity index (χ0) is 7.33. The van der Waals surface area contributed by atoms with Gasteiger partial charge in [0.1, 0.15) is 0 Å². The molecule has 0 rings (SSSR count). The highest BCUT2D eigenvalue weighted by Gasteiger charge is 2.16. The summed E-state index contributed by atoms with van der Waals surface area (Å²) in [5.74, 6) is 0. The van der Waals surface area contributed by atoms with Gasteiger partial charge in [0.15, 0.2) is 0 Å². The van der Waals surface area contributed by atoms with Crippen LogP contribution in [0.2, 0.25) is 0 Å². The molecule has 9 heavy (non-hydrogen) atoms. The Morgan fingerprint density at radius 3 is 1.67 bits per heavy atom. The first-order valence-electron chi connectivity index (χ1n) is 3.81. The monoisotopic (exact) mass is 148 g/mol. The van der Waals surface area contributed by atoms with Gasteiger partial charge >= 0.3 is 0 Å². The Morgan fingerprint density at radius 1 is 1.11 bits per heavy atom. The van der Waals surface area contributed by atoms with Crippen LogP contribution in [-0.4, -0.2) is 4.87 Å². The van der Waals surface area contributed by atoms with Crippen molar-refractivity contribution in [1.82, 2.24) is 0 Å². The van der Waals surface area contributed by atoms with Gasteiger partial charge in [-0.25, -0.2) is 0 Å². The molecule has 0 saturated heterocycles. The predicted molar refractivity (Wildman–Crippen MR) is 44.1 cm³/mol. The fraction of sp³-hybridized carbons (Fsp3) is 1.00. The number of alkyl halides is 1. The lowest BCUT2D eigenvalue weighted by atomic mass is 10.00. The van der Waals surface area contributed by atoms with Crippen LogP contribution in [0.4, 0.5) is 0 Å². The third kappa shape index (κ3) is 4.77. The van der Waals surface area contributed by atoms with Crippen molar-refractivity contribution < 1.29 is 0 Å². The van der Waals surface area contributed by atoms with Gasteiger partial charge in [-0.3, -0.25) is 0 Å². The van der Waals surface area contributed by atoms with Crippen LogP contribution >= 0.6 is 11.6 Å². The second-order valence-corrected chi connectivity index (χ2v) is 3.83. The quantitative estimate of drug-likeness (QED) is 0.535. The van der Waals surface area contributed by atoms with Crippen LogP contribution in [0.3, 0.4) is 0 Å². The van der Waals surface area contributed by atoms with Crippen molar-refractivity contribution in [1.29, 1.82) is 0 Å². The molecule has 0 saturated carbocycles. The summed E-state index contributed by atoms with van der Waals surface area (Å²) < 4.78 is 0. The van der Waals surface area contributed by atoms with E-state index in [1.807, 2.05) is 0 Å². The van der Waals surface area contributed by atoms with Gasteiger partial charge in [0, 0.05) is 4.87 Å². The Morgan fingerprint density at radius 2 is 1.44 bits per heavy atom. The summed E-state index contributed by atoms with van der Waals surface area (Å²) in [6, 6.07) is 0. The van der Waals surface area contributed by atoms with E-state index in [-0.39, 0.29) is 4.87 Å². The van der Waals surface area contributed by atoms with Gasteiger partial charge in [-0.1, -0.05) is 26.7 Å². The fourth-order valence-electron chi connectivity index (χ4n) is 1.17. The summed E-state index contributed by atoms with van der Waals surface area (Å²) in [7, 11) is 0. The Hall–Kier alpha value is 0.290. The lowest BCUT2D eigenvalue weighted by molar-refractivity contribution is 0.518. The minimum absolute atomic E-state index is 0.0729. The molecule has 0 aromatic rings. The molecule has 0 bridgehead atoms. The third-order valence-corrected chi connectivity index (χ3v) is 1.92. The molecule has 0 amide bonds. The molecule has 0 unspecified atom stereocenters. The smallest absolute Gasteiger partial charge is 0.0418 e. The van der Waals surface area contributed by atoms with Crippen LogP contribution in [0, 0.1) is 0 Å². The summed E-state index contributed by atoms with van der Waals surface area (Å²) in [5.41, 5.74) is 0. The van der Waals surface area contributed by atoms with E-state index in [2.05, 4.69) is 20.8 Å². The SMILES string of the molecule is CCCC(C)(Cl)CCC. The Balaban J connectivity index is 3.43. The highest BCUT2D eigenvalue weighted by Crippen LogP contribution is 2.25. The molecule has 1 heteroatoms. The maximum Gasteiger partial charge on any atom is 0.0418 e. The molecular formula is C8H17Cl. The summed E-state index contributed by atoms with van der Waals surface area (Å²) in [6.07, 6.45) is 4.67. The van der Waals surface area contributed by atoms with Crippen LogP contribution in [-0.2, 0) is 0 Å². The molecule has 0 aliphatic heterocycles. The van der Waals surface area contributed by atoms with Crippen LogP contribution < -0.4 is 0 Å². The molecular weight excluding hydrogens is 132 g/mol. The first-order chi connectivity index (χ1) is 4.12. The fourth-order valence-corrected chi connectivity index (χ4v) is 1.55. The molecule has 0 N–H and O–H groups in total. The maximum absolute atomic E-state index is 6.14. The van der Waals surface area contributed by atoms with E-state index in [9.17, 15) is 0 Å². The summed E-state index contributed by atoms with van der Waals surface area (Å²) >= 11 is 6.14. The van der Waals surface area contributed by atoms with Gasteiger partial charge in [0.25, 0.3) is 0 Å². The zero-order valence-corrected chi connectivity index (χ0v) is 7.46. The van der Waals surface area contributed by atoms with Crippen molar-refractivity contribution in [2.75, 3.05) is 0 Å². The second kappa shape index (κ2) is 4.16. The average molecular weight is 149 g/mol. The van der Waals surface area contributed by atoms with E-state index in [0.717, 1.165) is 12.8 Å². The number of hydrogen-bond acceptors (Lipinski definition) is 0. The van der Waals surface area contributed by atoms with Crippen LogP contribution in [0.5, 0.6) is 0 Å². The van der Waals surface area contributed by atoms with E-state index < -0.39 is 0 Å². The van der Waals surface area contributed by atoms with Crippen molar-refractivity contribution in [3.8, 4) is 0 Å². The van der Waals surface area contributed by atoms with Crippen LogP contribution in [0.15, 0.2) is 0 Å². The highest BCUT2D eigenvalue weighted by molar-refractivity contribution is 6.23. The molecule has 0 spiro atoms. The lowest BCUT2D eigenvalue weighted by Gasteiger charge is -2.19. The molecule has 0 fully saturated rings. The standard InChI is InChI=1S/C8H17Cl/c1-4-6-8(3,9)7-5-2/h4-7H2,1-3H3. The molecule has 56 valence electrons. The van der Waals surface area contributed by atoms with Crippen LogP contribution in [0.25, 0.3) is 0 Å². The second-order valence-electron chi connectivity index (χ2n) is 2.91. The van der Waals surface area contributed by atoms with Gasteiger partial charge in [-0.05, 0) is 19.8 Å². The van der Waals surface area contributed by atoms with E-state index in [1.54, 1.807) is 0 Å². The minimum Gasteiger partial charge on any atom is -0.120 e. The van der Waals surface area contributed by atoms with Crippen molar-refractivity contribution in [2.24, 2.45) is 0 Å². The van der Waals surface area contributed by atoms with Crippen LogP contribution in [0.1, 0.15) is 46.5 Å². The third-order valence-electron chi connectivity index (χ3n) is 1.54. The first-order valence-corrected chi connectivity index (χ1v) is 4.19. The minimum atomic E-state index is 0.0729. The van der Waals surface area contributed by atoms with E-state index in [0.29, 0.717) is 0 Å².